The van der Waals surface area contributed by atoms with Gasteiger partial charge in [0.15, 0.2) is 0 Å². The first-order chi connectivity index (χ1) is 8.04. The lowest BCUT2D eigenvalue weighted by atomic mass is 10.00. The van der Waals surface area contributed by atoms with Crippen molar-refractivity contribution in [3.8, 4) is 0 Å². The maximum absolute atomic E-state index is 6.17. The number of nitrogens with two attached hydrogens (primary N) is 1. The van der Waals surface area contributed by atoms with Crippen LogP contribution in [0.3, 0.4) is 0 Å². The average molecular weight is 299 g/mol. The number of hydrogen-bond acceptors (Lipinski definition) is 2. The van der Waals surface area contributed by atoms with E-state index in [9.17, 15) is 0 Å². The van der Waals surface area contributed by atoms with Gasteiger partial charge in [-0.3, -0.25) is 0 Å². The van der Waals surface area contributed by atoms with E-state index in [2.05, 4.69) is 59.9 Å². The van der Waals surface area contributed by atoms with Gasteiger partial charge in [-0.05, 0) is 24.6 Å². The van der Waals surface area contributed by atoms with Crippen molar-refractivity contribution < 1.29 is 0 Å². The second kappa shape index (κ2) is 7.14. The molecule has 0 saturated heterocycles. The van der Waals surface area contributed by atoms with Gasteiger partial charge in [-0.25, -0.2) is 0 Å². The number of nitrogens with zero attached hydrogens (tertiary/aromatic N) is 1. The molecule has 3 heteroatoms. The van der Waals surface area contributed by atoms with Gasteiger partial charge in [-0.2, -0.15) is 0 Å². The molecule has 2 N–H and O–H groups in total. The van der Waals surface area contributed by atoms with Gasteiger partial charge in [0.05, 0.1) is 0 Å². The molecule has 0 aliphatic rings. The van der Waals surface area contributed by atoms with Gasteiger partial charge in [0, 0.05) is 23.6 Å². The molecule has 0 spiro atoms. The first-order valence-electron chi connectivity index (χ1n) is 6.22. The summed E-state index contributed by atoms with van der Waals surface area (Å²) in [6.07, 6.45) is 1.14. The van der Waals surface area contributed by atoms with E-state index in [0.29, 0.717) is 5.92 Å². The molecular weight excluding hydrogens is 276 g/mol. The van der Waals surface area contributed by atoms with Crippen molar-refractivity contribution in [1.82, 2.24) is 4.90 Å². The lowest BCUT2D eigenvalue weighted by molar-refractivity contribution is 0.267. The van der Waals surface area contributed by atoms with Crippen LogP contribution in [0, 0.1) is 5.92 Å². The fourth-order valence-corrected chi connectivity index (χ4v) is 2.23. The fourth-order valence-electron chi connectivity index (χ4n) is 1.82. The summed E-state index contributed by atoms with van der Waals surface area (Å²) < 4.78 is 1.17. The zero-order chi connectivity index (χ0) is 12.8. The molecule has 0 fully saturated rings. The van der Waals surface area contributed by atoms with Crippen molar-refractivity contribution in [2.75, 3.05) is 13.6 Å². The highest BCUT2D eigenvalue weighted by Gasteiger charge is 2.13. The zero-order valence-corrected chi connectivity index (χ0v) is 12.6. The van der Waals surface area contributed by atoms with Crippen LogP contribution in [0.15, 0.2) is 28.7 Å². The predicted octanol–water partition coefficient (Wildman–Crippen LogP) is 3.25. The Morgan fingerprint density at radius 3 is 2.59 bits per heavy atom. The summed E-state index contributed by atoms with van der Waals surface area (Å²) in [5.74, 6) is 0.580. The van der Waals surface area contributed by atoms with E-state index in [1.54, 1.807) is 0 Å². The quantitative estimate of drug-likeness (QED) is 0.873. The average Bonchev–Trinajstić information content (AvgIpc) is 2.31. The second-order valence-electron chi connectivity index (χ2n) is 4.84. The molecule has 0 amide bonds. The van der Waals surface area contributed by atoms with Crippen LogP contribution >= 0.6 is 15.9 Å². The molecule has 2 nitrogen and oxygen atoms in total. The Balaban J connectivity index is 2.50. The first kappa shape index (κ1) is 14.7. The Morgan fingerprint density at radius 2 is 2.00 bits per heavy atom. The highest BCUT2D eigenvalue weighted by atomic mass is 79.9. The van der Waals surface area contributed by atoms with Crippen LogP contribution in [0.5, 0.6) is 0 Å². The third kappa shape index (κ3) is 4.78. The summed E-state index contributed by atoms with van der Waals surface area (Å²) >= 11 is 3.58. The van der Waals surface area contributed by atoms with Gasteiger partial charge < -0.3 is 10.6 Å². The number of hydrogen-bond donors (Lipinski definition) is 1. The zero-order valence-electron chi connectivity index (χ0n) is 11.0. The van der Waals surface area contributed by atoms with Gasteiger partial charge in [0.25, 0.3) is 0 Å². The van der Waals surface area contributed by atoms with Crippen molar-refractivity contribution >= 4 is 15.9 Å². The van der Waals surface area contributed by atoms with Crippen molar-refractivity contribution in [1.29, 1.82) is 0 Å². The summed E-state index contributed by atoms with van der Waals surface area (Å²) in [7, 11) is 2.13. The lowest BCUT2D eigenvalue weighted by Gasteiger charge is -2.25. The Labute approximate surface area is 113 Å². The number of likely N-dealkylation sites (N-methyl/N-ethyl adjacent to an activating group) is 1. The van der Waals surface area contributed by atoms with Crippen molar-refractivity contribution in [2.45, 2.75) is 32.9 Å². The Morgan fingerprint density at radius 1 is 1.35 bits per heavy atom. The Kier molecular flexibility index (Phi) is 6.17. The van der Waals surface area contributed by atoms with Crippen LogP contribution in [0.1, 0.15) is 25.8 Å². The molecule has 96 valence electrons. The van der Waals surface area contributed by atoms with Crippen LogP contribution < -0.4 is 5.73 Å². The molecule has 2 atom stereocenters. The molecule has 1 rings (SSSR count). The van der Waals surface area contributed by atoms with Crippen molar-refractivity contribution in [3.63, 3.8) is 0 Å². The van der Waals surface area contributed by atoms with Crippen LogP contribution in [0.25, 0.3) is 0 Å². The molecule has 2 unspecified atom stereocenters. The summed E-state index contributed by atoms with van der Waals surface area (Å²) in [6.45, 7) is 6.29. The van der Waals surface area contributed by atoms with E-state index in [1.807, 2.05) is 6.07 Å². The minimum atomic E-state index is 0.257. The van der Waals surface area contributed by atoms with Crippen LogP contribution in [0.4, 0.5) is 0 Å². The highest BCUT2D eigenvalue weighted by molar-refractivity contribution is 9.10. The fraction of sp³-hybridized carbons (Fsp3) is 0.571. The SMILES string of the molecule is CCC(C)C(N)CN(C)Cc1ccccc1Br. The molecule has 0 aliphatic heterocycles. The molecule has 0 saturated carbocycles. The Hall–Kier alpha value is -0.380. The molecule has 0 aromatic heterocycles. The van der Waals surface area contributed by atoms with E-state index in [0.717, 1.165) is 19.5 Å². The minimum absolute atomic E-state index is 0.257. The van der Waals surface area contributed by atoms with Gasteiger partial charge in [-0.1, -0.05) is 54.4 Å². The van der Waals surface area contributed by atoms with Crippen molar-refractivity contribution in [3.05, 3.63) is 34.3 Å². The number of benzene rings is 1. The maximum atomic E-state index is 6.17. The molecule has 0 heterocycles. The normalized spacial score (nSPS) is 14.9. The molecule has 0 bridgehead atoms. The third-order valence-electron chi connectivity index (χ3n) is 3.30. The minimum Gasteiger partial charge on any atom is -0.326 e. The second-order valence-corrected chi connectivity index (χ2v) is 5.69. The molecule has 0 aliphatic carbocycles. The standard InChI is InChI=1S/C14H23BrN2/c1-4-11(2)14(16)10-17(3)9-12-7-5-6-8-13(12)15/h5-8,11,14H,4,9-10,16H2,1-3H3. The summed E-state index contributed by atoms with van der Waals surface area (Å²) in [5.41, 5.74) is 7.48. The molecule has 0 radical (unpaired) electrons. The third-order valence-corrected chi connectivity index (χ3v) is 4.07. The maximum Gasteiger partial charge on any atom is 0.0242 e. The van der Waals surface area contributed by atoms with E-state index in [-0.39, 0.29) is 6.04 Å². The summed E-state index contributed by atoms with van der Waals surface area (Å²) in [4.78, 5) is 2.29. The molecular formula is C14H23BrN2. The van der Waals surface area contributed by atoms with E-state index in [1.165, 1.54) is 10.0 Å². The smallest absolute Gasteiger partial charge is 0.0242 e. The largest absolute Gasteiger partial charge is 0.326 e. The van der Waals surface area contributed by atoms with E-state index in [4.69, 9.17) is 5.73 Å². The highest BCUT2D eigenvalue weighted by Crippen LogP contribution is 2.17. The Bertz CT molecular complexity index is 341. The molecule has 17 heavy (non-hydrogen) atoms. The van der Waals surface area contributed by atoms with E-state index >= 15 is 0 Å². The van der Waals surface area contributed by atoms with Crippen LogP contribution in [-0.2, 0) is 6.54 Å². The summed E-state index contributed by atoms with van der Waals surface area (Å²) in [5, 5.41) is 0. The van der Waals surface area contributed by atoms with E-state index < -0.39 is 0 Å². The predicted molar refractivity (Wildman–Crippen MR) is 77.9 cm³/mol. The molecule has 1 aromatic carbocycles. The molecule has 1 aromatic rings. The van der Waals surface area contributed by atoms with Gasteiger partial charge >= 0.3 is 0 Å². The number of halogens is 1. The van der Waals surface area contributed by atoms with Gasteiger partial charge in [0.1, 0.15) is 0 Å². The van der Waals surface area contributed by atoms with Crippen LogP contribution in [0.2, 0.25) is 0 Å². The first-order valence-corrected chi connectivity index (χ1v) is 7.01. The lowest BCUT2D eigenvalue weighted by Crippen LogP contribution is -2.39. The van der Waals surface area contributed by atoms with Gasteiger partial charge in [0.2, 0.25) is 0 Å². The monoisotopic (exact) mass is 298 g/mol. The van der Waals surface area contributed by atoms with Gasteiger partial charge in [-0.15, -0.1) is 0 Å². The summed E-state index contributed by atoms with van der Waals surface area (Å²) in [6, 6.07) is 8.60. The topological polar surface area (TPSA) is 29.3 Å². The number of rotatable bonds is 6. The van der Waals surface area contributed by atoms with Crippen molar-refractivity contribution in [2.24, 2.45) is 11.7 Å². The van der Waals surface area contributed by atoms with Crippen LogP contribution in [-0.4, -0.2) is 24.5 Å².